The Balaban J connectivity index is 1.31. The summed E-state index contributed by atoms with van der Waals surface area (Å²) in [6.45, 7) is 4.02. The van der Waals surface area contributed by atoms with Crippen molar-refractivity contribution in [2.45, 2.75) is 64.0 Å². The predicted molar refractivity (Wildman–Crippen MR) is 86.8 cm³/mol. The topological polar surface area (TPSA) is 39.1 Å². The molecule has 2 aliphatic carbocycles. The Hall–Kier alpha value is -0.870. The van der Waals surface area contributed by atoms with Crippen molar-refractivity contribution in [1.29, 1.82) is 0 Å². The lowest BCUT2D eigenvalue weighted by atomic mass is 9.89. The summed E-state index contributed by atoms with van der Waals surface area (Å²) in [6.07, 6.45) is 13.3. The van der Waals surface area contributed by atoms with E-state index in [1.54, 1.807) is 0 Å². The van der Waals surface area contributed by atoms with Gasteiger partial charge in [0.25, 0.3) is 0 Å². The molecule has 4 nitrogen and oxygen atoms in total. The summed E-state index contributed by atoms with van der Waals surface area (Å²) in [5.74, 6) is 1.76. The number of nitrogens with one attached hydrogen (secondary N) is 1. The Labute approximate surface area is 133 Å². The highest BCUT2D eigenvalue weighted by Gasteiger charge is 2.27. The van der Waals surface area contributed by atoms with E-state index >= 15 is 0 Å². The maximum absolute atomic E-state index is 5.99. The smallest absolute Gasteiger partial charge is 0.114 e. The van der Waals surface area contributed by atoms with Gasteiger partial charge in [-0.3, -0.25) is 4.68 Å². The second kappa shape index (κ2) is 6.71. The lowest BCUT2D eigenvalue weighted by Gasteiger charge is -2.25. The summed E-state index contributed by atoms with van der Waals surface area (Å²) in [5, 5.41) is 8.48. The number of rotatable bonds is 6. The summed E-state index contributed by atoms with van der Waals surface area (Å²) in [7, 11) is 0. The van der Waals surface area contributed by atoms with E-state index < -0.39 is 0 Å². The van der Waals surface area contributed by atoms with Gasteiger partial charge in [-0.2, -0.15) is 5.10 Å². The summed E-state index contributed by atoms with van der Waals surface area (Å²) < 4.78 is 8.16. The molecule has 1 aromatic rings. The van der Waals surface area contributed by atoms with Crippen LogP contribution in [0.25, 0.3) is 0 Å². The van der Waals surface area contributed by atoms with Crippen LogP contribution in [-0.4, -0.2) is 29.5 Å². The molecule has 122 valence electrons. The van der Waals surface area contributed by atoms with Crippen molar-refractivity contribution in [2.24, 2.45) is 11.8 Å². The molecule has 22 heavy (non-hydrogen) atoms. The number of aromatic nitrogens is 2. The third-order valence-electron chi connectivity index (χ3n) is 5.50. The van der Waals surface area contributed by atoms with E-state index in [1.165, 1.54) is 56.2 Å². The first kappa shape index (κ1) is 14.7. The molecule has 0 spiro atoms. The molecular formula is C18H29N3O. The Bertz CT molecular complexity index is 489. The van der Waals surface area contributed by atoms with Crippen LogP contribution in [0.5, 0.6) is 0 Å². The van der Waals surface area contributed by atoms with E-state index in [0.717, 1.165) is 44.5 Å². The number of ether oxygens (including phenoxy) is 1. The van der Waals surface area contributed by atoms with Crippen LogP contribution >= 0.6 is 0 Å². The average Bonchev–Trinajstić information content (AvgIpc) is 3.25. The number of hydrogen-bond acceptors (Lipinski definition) is 3. The molecule has 4 heteroatoms. The van der Waals surface area contributed by atoms with E-state index in [-0.39, 0.29) is 6.10 Å². The second-order valence-electron chi connectivity index (χ2n) is 7.48. The fourth-order valence-electron chi connectivity index (χ4n) is 3.96. The lowest BCUT2D eigenvalue weighted by Crippen LogP contribution is -2.31. The highest BCUT2D eigenvalue weighted by molar-refractivity contribution is 5.22. The van der Waals surface area contributed by atoms with Gasteiger partial charge in [0, 0.05) is 19.3 Å². The number of fused-ring (bicyclic) bond motifs is 1. The average molecular weight is 303 g/mol. The van der Waals surface area contributed by atoms with Crippen LogP contribution in [0.3, 0.4) is 0 Å². The highest BCUT2D eigenvalue weighted by atomic mass is 16.5. The van der Waals surface area contributed by atoms with Crippen molar-refractivity contribution >= 4 is 0 Å². The van der Waals surface area contributed by atoms with Crippen LogP contribution in [-0.2, 0) is 17.7 Å². The summed E-state index contributed by atoms with van der Waals surface area (Å²) in [4.78, 5) is 0. The van der Waals surface area contributed by atoms with Gasteiger partial charge < -0.3 is 10.1 Å². The molecule has 3 aliphatic rings. The van der Waals surface area contributed by atoms with E-state index in [4.69, 9.17) is 9.84 Å². The molecule has 2 saturated carbocycles. The van der Waals surface area contributed by atoms with Crippen LogP contribution in [0.15, 0.2) is 6.20 Å². The third-order valence-corrected chi connectivity index (χ3v) is 5.50. The van der Waals surface area contributed by atoms with Crippen molar-refractivity contribution in [3.05, 3.63) is 17.5 Å². The van der Waals surface area contributed by atoms with Crippen LogP contribution in [0, 0.1) is 11.8 Å². The fourth-order valence-corrected chi connectivity index (χ4v) is 3.96. The van der Waals surface area contributed by atoms with E-state index in [0.29, 0.717) is 0 Å². The zero-order valence-electron chi connectivity index (χ0n) is 13.6. The maximum atomic E-state index is 5.99. The lowest BCUT2D eigenvalue weighted by molar-refractivity contribution is 0.0386. The molecule has 1 aromatic heterocycles. The molecule has 0 bridgehead atoms. The molecule has 1 aliphatic heterocycles. The van der Waals surface area contributed by atoms with Crippen LogP contribution < -0.4 is 5.32 Å². The summed E-state index contributed by atoms with van der Waals surface area (Å²) in [5.41, 5.74) is 2.61. The minimum atomic E-state index is 0.160. The normalized spacial score (nSPS) is 26.1. The first-order valence-electron chi connectivity index (χ1n) is 9.27. The molecule has 0 saturated heterocycles. The first-order chi connectivity index (χ1) is 10.9. The molecule has 1 atom stereocenters. The van der Waals surface area contributed by atoms with Crippen molar-refractivity contribution in [1.82, 2.24) is 15.1 Å². The second-order valence-corrected chi connectivity index (χ2v) is 7.48. The Morgan fingerprint density at radius 2 is 1.95 bits per heavy atom. The van der Waals surface area contributed by atoms with Gasteiger partial charge in [-0.15, -0.1) is 0 Å². The van der Waals surface area contributed by atoms with Crippen LogP contribution in [0.2, 0.25) is 0 Å². The van der Waals surface area contributed by atoms with Gasteiger partial charge in [0.2, 0.25) is 0 Å². The number of nitrogens with zero attached hydrogens (tertiary/aromatic N) is 2. The molecule has 0 amide bonds. The van der Waals surface area contributed by atoms with E-state index in [2.05, 4.69) is 16.2 Å². The van der Waals surface area contributed by atoms with Gasteiger partial charge in [-0.05, 0) is 56.0 Å². The largest absolute Gasteiger partial charge is 0.370 e. The SMILES string of the molecule is c1c2c(nn1CC1CC1)[C@H](CNCC1CCCCC1)OCC2. The summed E-state index contributed by atoms with van der Waals surface area (Å²) >= 11 is 0. The zero-order chi connectivity index (χ0) is 14.8. The Kier molecular flexibility index (Phi) is 4.49. The minimum Gasteiger partial charge on any atom is -0.370 e. The molecule has 4 rings (SSSR count). The predicted octanol–water partition coefficient (Wildman–Crippen LogP) is 3.08. The Morgan fingerprint density at radius 3 is 2.77 bits per heavy atom. The van der Waals surface area contributed by atoms with Gasteiger partial charge in [0.15, 0.2) is 0 Å². The van der Waals surface area contributed by atoms with E-state index in [9.17, 15) is 0 Å². The standard InChI is InChI=1S/C18H29N3O/c1-2-4-14(5-3-1)10-19-11-17-18-16(8-9-22-17)13-21(20-18)12-15-6-7-15/h13-15,17,19H,1-12H2/t17-/m0/s1. The molecule has 0 unspecified atom stereocenters. The van der Waals surface area contributed by atoms with Gasteiger partial charge in [0.1, 0.15) is 6.10 Å². The molecule has 2 fully saturated rings. The van der Waals surface area contributed by atoms with Gasteiger partial charge in [-0.1, -0.05) is 19.3 Å². The Morgan fingerprint density at radius 1 is 1.09 bits per heavy atom. The van der Waals surface area contributed by atoms with Gasteiger partial charge >= 0.3 is 0 Å². The molecule has 1 N–H and O–H groups in total. The fraction of sp³-hybridized carbons (Fsp3) is 0.833. The van der Waals surface area contributed by atoms with Crippen molar-refractivity contribution in [3.63, 3.8) is 0 Å². The monoisotopic (exact) mass is 303 g/mol. The molecule has 0 radical (unpaired) electrons. The van der Waals surface area contributed by atoms with Crippen molar-refractivity contribution in [2.75, 3.05) is 19.7 Å². The van der Waals surface area contributed by atoms with Crippen LogP contribution in [0.4, 0.5) is 0 Å². The quantitative estimate of drug-likeness (QED) is 0.878. The molecule has 2 heterocycles. The van der Waals surface area contributed by atoms with Crippen molar-refractivity contribution in [3.8, 4) is 0 Å². The van der Waals surface area contributed by atoms with E-state index in [1.807, 2.05) is 0 Å². The third kappa shape index (κ3) is 3.54. The molecule has 0 aromatic carbocycles. The zero-order valence-corrected chi connectivity index (χ0v) is 13.6. The summed E-state index contributed by atoms with van der Waals surface area (Å²) in [6, 6.07) is 0. The van der Waals surface area contributed by atoms with Gasteiger partial charge in [-0.25, -0.2) is 0 Å². The maximum Gasteiger partial charge on any atom is 0.114 e. The van der Waals surface area contributed by atoms with Gasteiger partial charge in [0.05, 0.1) is 12.3 Å². The highest BCUT2D eigenvalue weighted by Crippen LogP contribution is 2.32. The van der Waals surface area contributed by atoms with Crippen molar-refractivity contribution < 1.29 is 4.74 Å². The minimum absolute atomic E-state index is 0.160. The molecular weight excluding hydrogens is 274 g/mol. The number of hydrogen-bond donors (Lipinski definition) is 1. The van der Waals surface area contributed by atoms with Crippen LogP contribution in [0.1, 0.15) is 62.3 Å². The first-order valence-corrected chi connectivity index (χ1v) is 9.27.